The quantitative estimate of drug-likeness (QED) is 0.662. The average Bonchev–Trinajstić information content (AvgIpc) is 2.50. The van der Waals surface area contributed by atoms with Gasteiger partial charge in [-0.15, -0.1) is 4.18 Å². The monoisotopic (exact) mass is 180 g/mol. The van der Waals surface area contributed by atoms with Crippen molar-refractivity contribution in [1.82, 2.24) is 4.98 Å². The molecule has 1 heterocycles. The third-order valence-electron chi connectivity index (χ3n) is 1.61. The molecule has 0 saturated carbocycles. The molecule has 0 aliphatic carbocycles. The zero-order valence-corrected chi connectivity index (χ0v) is 7.67. The Balaban J connectivity index is 2.55. The number of benzene rings is 1. The molecule has 0 amide bonds. The van der Waals surface area contributed by atoms with Crippen molar-refractivity contribution < 1.29 is 4.18 Å². The molecule has 12 heavy (non-hydrogen) atoms. The van der Waals surface area contributed by atoms with Gasteiger partial charge in [-0.2, -0.15) is 4.98 Å². The van der Waals surface area contributed by atoms with Crippen LogP contribution in [0.2, 0.25) is 0 Å². The van der Waals surface area contributed by atoms with Crippen LogP contribution in [-0.2, 0) is 0 Å². The van der Waals surface area contributed by atoms with Crippen molar-refractivity contribution in [2.45, 2.75) is 6.92 Å². The Kier molecular flexibility index (Phi) is 2.06. The van der Waals surface area contributed by atoms with Gasteiger partial charge in [0.2, 0.25) is 4.70 Å². The van der Waals surface area contributed by atoms with Crippen molar-refractivity contribution in [3.05, 3.63) is 29.8 Å². The molecular formula is C9H10NOS+. The van der Waals surface area contributed by atoms with Crippen LogP contribution >= 0.6 is 10.8 Å². The first kappa shape index (κ1) is 7.71. The van der Waals surface area contributed by atoms with E-state index in [-0.39, 0.29) is 10.8 Å². The Morgan fingerprint density at radius 3 is 3.08 bits per heavy atom. The van der Waals surface area contributed by atoms with E-state index in [1.54, 1.807) is 0 Å². The summed E-state index contributed by atoms with van der Waals surface area (Å²) >= 11 is 0. The molecule has 2 aromatic rings. The van der Waals surface area contributed by atoms with Crippen LogP contribution in [0.25, 0.3) is 10.2 Å². The fraction of sp³-hybridized carbons (Fsp3) is 0.222. The minimum Gasteiger partial charge on any atom is -0.197 e. The van der Waals surface area contributed by atoms with Crippen molar-refractivity contribution in [2.24, 2.45) is 0 Å². The van der Waals surface area contributed by atoms with Gasteiger partial charge in [0.25, 0.3) is 5.51 Å². The van der Waals surface area contributed by atoms with Gasteiger partial charge >= 0.3 is 0 Å². The Morgan fingerprint density at radius 2 is 2.25 bits per heavy atom. The smallest absolute Gasteiger partial charge is 0.197 e. The van der Waals surface area contributed by atoms with Gasteiger partial charge in [0, 0.05) is 6.07 Å². The highest BCUT2D eigenvalue weighted by molar-refractivity contribution is 7.31. The molecule has 0 radical (unpaired) electrons. The normalized spacial score (nSPS) is 12.2. The fourth-order valence-corrected chi connectivity index (χ4v) is 2.42. The molecule has 0 spiro atoms. The summed E-state index contributed by atoms with van der Waals surface area (Å²) in [5.41, 5.74) is 2.93. The predicted molar refractivity (Wildman–Crippen MR) is 51.3 cm³/mol. The van der Waals surface area contributed by atoms with Gasteiger partial charge in [0.1, 0.15) is 12.1 Å². The molecule has 3 heteroatoms. The molecule has 0 aliphatic heterocycles. The van der Waals surface area contributed by atoms with Gasteiger partial charge in [-0.3, -0.25) is 0 Å². The van der Waals surface area contributed by atoms with Crippen LogP contribution in [0.3, 0.4) is 0 Å². The number of hydrogen-bond acceptors (Lipinski definition) is 2. The van der Waals surface area contributed by atoms with E-state index >= 15 is 0 Å². The van der Waals surface area contributed by atoms with Gasteiger partial charge < -0.3 is 0 Å². The Bertz CT molecular complexity index is 383. The van der Waals surface area contributed by atoms with Crippen molar-refractivity contribution in [2.75, 3.05) is 6.61 Å². The highest BCUT2D eigenvalue weighted by atomic mass is 32.2. The fourth-order valence-electron chi connectivity index (χ4n) is 1.12. The molecule has 1 aromatic carbocycles. The highest BCUT2D eigenvalue weighted by Crippen LogP contribution is 2.26. The lowest BCUT2D eigenvalue weighted by atomic mass is 10.3. The second-order valence-corrected chi connectivity index (χ2v) is 3.89. The van der Waals surface area contributed by atoms with E-state index in [1.165, 1.54) is 4.70 Å². The zero-order chi connectivity index (χ0) is 8.39. The van der Waals surface area contributed by atoms with E-state index < -0.39 is 0 Å². The molecule has 1 atom stereocenters. The third-order valence-corrected chi connectivity index (χ3v) is 3.18. The van der Waals surface area contributed by atoms with E-state index in [9.17, 15) is 0 Å². The number of nitrogens with zero attached hydrogens (tertiary/aromatic N) is 1. The van der Waals surface area contributed by atoms with Crippen molar-refractivity contribution >= 4 is 21.0 Å². The maximum absolute atomic E-state index is 5.51. The summed E-state index contributed by atoms with van der Waals surface area (Å²) in [5, 5.41) is 0. The SMILES string of the molecule is CCO[s+]1cnc2ccccc21. The molecular weight excluding hydrogens is 170 g/mol. The van der Waals surface area contributed by atoms with Crippen LogP contribution in [0.1, 0.15) is 6.92 Å². The van der Waals surface area contributed by atoms with Gasteiger partial charge in [-0.1, -0.05) is 12.1 Å². The van der Waals surface area contributed by atoms with E-state index in [2.05, 4.69) is 11.1 Å². The Hall–Kier alpha value is -0.930. The van der Waals surface area contributed by atoms with Gasteiger partial charge in [0.15, 0.2) is 10.8 Å². The van der Waals surface area contributed by atoms with Crippen LogP contribution in [-0.4, -0.2) is 11.6 Å². The predicted octanol–water partition coefficient (Wildman–Crippen LogP) is 2.43. The van der Waals surface area contributed by atoms with Gasteiger partial charge in [-0.05, 0) is 13.0 Å². The molecule has 0 bridgehead atoms. The standard InChI is InChI=1S/C9H10NOS/c1-2-11-12-7-10-8-5-3-4-6-9(8)12/h3-7H,2H2,1H3/q+1. The maximum atomic E-state index is 5.51. The molecule has 0 fully saturated rings. The number of rotatable bonds is 2. The van der Waals surface area contributed by atoms with Crippen LogP contribution in [0.5, 0.6) is 0 Å². The van der Waals surface area contributed by atoms with Crippen molar-refractivity contribution in [3.8, 4) is 0 Å². The van der Waals surface area contributed by atoms with Gasteiger partial charge in [-0.25, -0.2) is 0 Å². The first-order valence-corrected chi connectivity index (χ1v) is 5.12. The summed E-state index contributed by atoms with van der Waals surface area (Å²) in [6.07, 6.45) is 0. The van der Waals surface area contributed by atoms with Crippen molar-refractivity contribution in [1.29, 1.82) is 0 Å². The van der Waals surface area contributed by atoms with E-state index in [1.807, 2.05) is 30.6 Å². The number of hydrogen-bond donors (Lipinski definition) is 0. The summed E-state index contributed by atoms with van der Waals surface area (Å²) in [5.74, 6) is 0. The number of fused-ring (bicyclic) bond motifs is 1. The van der Waals surface area contributed by atoms with Gasteiger partial charge in [0.05, 0.1) is 0 Å². The van der Waals surface area contributed by atoms with Crippen LogP contribution < -0.4 is 4.18 Å². The molecule has 0 aliphatic rings. The summed E-state index contributed by atoms with van der Waals surface area (Å²) in [6.45, 7) is 2.74. The van der Waals surface area contributed by atoms with Crippen LogP contribution in [0, 0.1) is 0 Å². The molecule has 1 aromatic heterocycles. The molecule has 62 valence electrons. The molecule has 0 N–H and O–H groups in total. The number of aromatic nitrogens is 1. The molecule has 2 nitrogen and oxygen atoms in total. The average molecular weight is 180 g/mol. The Labute approximate surface area is 74.0 Å². The highest BCUT2D eigenvalue weighted by Gasteiger charge is 2.13. The van der Waals surface area contributed by atoms with E-state index in [0.717, 1.165) is 12.1 Å². The van der Waals surface area contributed by atoms with E-state index in [0.29, 0.717) is 0 Å². The Morgan fingerprint density at radius 1 is 1.42 bits per heavy atom. The lowest BCUT2D eigenvalue weighted by Crippen LogP contribution is -1.87. The minimum atomic E-state index is -0.194. The molecule has 1 unspecified atom stereocenters. The van der Waals surface area contributed by atoms with Crippen LogP contribution in [0.15, 0.2) is 29.8 Å². The van der Waals surface area contributed by atoms with Crippen molar-refractivity contribution in [3.63, 3.8) is 0 Å². The molecule has 2 rings (SSSR count). The summed E-state index contributed by atoms with van der Waals surface area (Å²) in [7, 11) is -0.194. The zero-order valence-electron chi connectivity index (χ0n) is 6.86. The van der Waals surface area contributed by atoms with E-state index in [4.69, 9.17) is 4.18 Å². The summed E-state index contributed by atoms with van der Waals surface area (Å²) < 4.78 is 6.72. The lowest BCUT2D eigenvalue weighted by Gasteiger charge is -1.84. The topological polar surface area (TPSA) is 22.1 Å². The largest absolute Gasteiger partial charge is 0.267 e. The summed E-state index contributed by atoms with van der Waals surface area (Å²) in [6, 6.07) is 8.10. The minimum absolute atomic E-state index is 0.194. The molecule has 0 saturated heterocycles. The van der Waals surface area contributed by atoms with Crippen LogP contribution in [0.4, 0.5) is 0 Å². The first-order valence-electron chi connectivity index (χ1n) is 3.91. The second kappa shape index (κ2) is 3.21. The maximum Gasteiger partial charge on any atom is 0.267 e. The third kappa shape index (κ3) is 1.21. The lowest BCUT2D eigenvalue weighted by molar-refractivity contribution is 0.457. The number of para-hydroxylation sites is 1. The second-order valence-electron chi connectivity index (χ2n) is 2.41. The summed E-state index contributed by atoms with van der Waals surface area (Å²) in [4.78, 5) is 4.26. The number of thiazole rings is 1. The first-order chi connectivity index (χ1) is 5.92.